The maximum absolute atomic E-state index is 13.3. The van der Waals surface area contributed by atoms with Crippen LogP contribution in [-0.4, -0.2) is 32.5 Å². The number of carbonyl (C=O) groups is 1. The van der Waals surface area contributed by atoms with E-state index in [0.29, 0.717) is 16.8 Å². The second-order valence-corrected chi connectivity index (χ2v) is 7.88. The highest BCUT2D eigenvalue weighted by Gasteiger charge is 2.29. The quantitative estimate of drug-likeness (QED) is 0.395. The third-order valence-corrected chi connectivity index (χ3v) is 6.34. The predicted octanol–water partition coefficient (Wildman–Crippen LogP) is 3.60. The number of hydrogen-bond donors (Lipinski definition) is 0. The van der Waals surface area contributed by atoms with Gasteiger partial charge >= 0.3 is 5.97 Å². The maximum atomic E-state index is 13.3. The molecule has 150 valence electrons. The summed E-state index contributed by atoms with van der Waals surface area (Å²) in [6, 6.07) is 8.45. The largest absolute Gasteiger partial charge is 0.462 e. The summed E-state index contributed by atoms with van der Waals surface area (Å²) >= 11 is 0. The molecule has 0 spiro atoms. The van der Waals surface area contributed by atoms with Crippen LogP contribution in [0.4, 0.5) is 11.4 Å². The van der Waals surface area contributed by atoms with Crippen LogP contribution in [-0.2, 0) is 14.8 Å². The van der Waals surface area contributed by atoms with Crippen LogP contribution in [0.5, 0.6) is 0 Å². The van der Waals surface area contributed by atoms with Crippen LogP contribution in [0.15, 0.2) is 41.3 Å². The second-order valence-electron chi connectivity index (χ2n) is 6.05. The van der Waals surface area contributed by atoms with E-state index in [1.54, 1.807) is 45.9 Å². The van der Waals surface area contributed by atoms with E-state index in [9.17, 15) is 23.3 Å². The highest BCUT2D eigenvalue weighted by Crippen LogP contribution is 2.31. The summed E-state index contributed by atoms with van der Waals surface area (Å²) in [7, 11) is -4.09. The SMILES string of the molecule is CCOC(=O)c1cccc(N(CC)S(=O)(=O)c2cc([N+](=O)[O-])ccc2C)c1C. The smallest absolute Gasteiger partial charge is 0.338 e. The Morgan fingerprint density at radius 3 is 2.43 bits per heavy atom. The summed E-state index contributed by atoms with van der Waals surface area (Å²) in [5, 5.41) is 11.1. The standard InChI is InChI=1S/C19H22N2O6S/c1-5-20(17-9-7-8-16(14(17)4)19(22)27-6-2)28(25,26)18-12-15(21(23)24)11-10-13(18)3/h7-12H,5-6H2,1-4H3. The number of benzene rings is 2. The van der Waals surface area contributed by atoms with Crippen molar-refractivity contribution >= 4 is 27.4 Å². The molecule has 9 heteroatoms. The molecule has 0 saturated carbocycles. The molecular formula is C19H22N2O6S. The lowest BCUT2D eigenvalue weighted by Gasteiger charge is -2.26. The fraction of sp³-hybridized carbons (Fsp3) is 0.316. The first kappa shape index (κ1) is 21.4. The Balaban J connectivity index is 2.63. The van der Waals surface area contributed by atoms with Crippen molar-refractivity contribution in [2.75, 3.05) is 17.5 Å². The summed E-state index contributed by atoms with van der Waals surface area (Å²) < 4.78 is 32.8. The number of rotatable bonds is 7. The van der Waals surface area contributed by atoms with Crippen molar-refractivity contribution in [2.45, 2.75) is 32.6 Å². The lowest BCUT2D eigenvalue weighted by molar-refractivity contribution is -0.385. The van der Waals surface area contributed by atoms with E-state index in [1.807, 2.05) is 0 Å². The van der Waals surface area contributed by atoms with Gasteiger partial charge in [0, 0.05) is 18.7 Å². The molecule has 2 rings (SSSR count). The number of nitrogens with zero attached hydrogens (tertiary/aromatic N) is 2. The van der Waals surface area contributed by atoms with Crippen LogP contribution in [0, 0.1) is 24.0 Å². The number of sulfonamides is 1. The van der Waals surface area contributed by atoms with Gasteiger partial charge in [-0.2, -0.15) is 0 Å². The Hall–Kier alpha value is -2.94. The normalized spacial score (nSPS) is 11.1. The number of nitro benzene ring substituents is 1. The van der Waals surface area contributed by atoms with Crippen LogP contribution in [0.2, 0.25) is 0 Å². The van der Waals surface area contributed by atoms with Gasteiger partial charge in [0.05, 0.1) is 27.7 Å². The molecule has 0 aliphatic heterocycles. The van der Waals surface area contributed by atoms with Gasteiger partial charge in [-0.3, -0.25) is 14.4 Å². The summed E-state index contributed by atoms with van der Waals surface area (Å²) in [4.78, 5) is 22.5. The molecular weight excluding hydrogens is 384 g/mol. The molecule has 0 aromatic heterocycles. The molecule has 0 radical (unpaired) electrons. The summed E-state index contributed by atoms with van der Waals surface area (Å²) in [5.41, 5.74) is 1.12. The van der Waals surface area contributed by atoms with Gasteiger partial charge in [0.15, 0.2) is 0 Å². The molecule has 8 nitrogen and oxygen atoms in total. The van der Waals surface area contributed by atoms with Crippen molar-refractivity contribution < 1.29 is 22.9 Å². The van der Waals surface area contributed by atoms with E-state index in [1.165, 1.54) is 12.1 Å². The Labute approximate surface area is 163 Å². The Bertz CT molecular complexity index is 1020. The van der Waals surface area contributed by atoms with Crippen LogP contribution in [0.3, 0.4) is 0 Å². The summed E-state index contributed by atoms with van der Waals surface area (Å²) in [5.74, 6) is -0.540. The van der Waals surface area contributed by atoms with E-state index in [0.717, 1.165) is 10.4 Å². The first-order chi connectivity index (χ1) is 13.1. The molecule has 0 aliphatic carbocycles. The van der Waals surface area contributed by atoms with Crippen molar-refractivity contribution in [1.82, 2.24) is 0 Å². The lowest BCUT2D eigenvalue weighted by Crippen LogP contribution is -2.32. The number of carbonyl (C=O) groups excluding carboxylic acids is 1. The zero-order valence-electron chi connectivity index (χ0n) is 16.1. The number of esters is 1. The van der Waals surface area contributed by atoms with Gasteiger partial charge in [0.1, 0.15) is 0 Å². The molecule has 0 heterocycles. The Morgan fingerprint density at radius 1 is 1.18 bits per heavy atom. The first-order valence-electron chi connectivity index (χ1n) is 8.69. The van der Waals surface area contributed by atoms with Crippen molar-refractivity contribution in [2.24, 2.45) is 0 Å². The van der Waals surface area contributed by atoms with E-state index >= 15 is 0 Å². The van der Waals surface area contributed by atoms with Crippen molar-refractivity contribution in [3.63, 3.8) is 0 Å². The van der Waals surface area contributed by atoms with Crippen molar-refractivity contribution in [3.8, 4) is 0 Å². The average molecular weight is 406 g/mol. The molecule has 2 aromatic rings. The highest BCUT2D eigenvalue weighted by atomic mass is 32.2. The molecule has 28 heavy (non-hydrogen) atoms. The predicted molar refractivity (Wildman–Crippen MR) is 105 cm³/mol. The molecule has 0 amide bonds. The van der Waals surface area contributed by atoms with E-state index in [-0.39, 0.29) is 29.3 Å². The first-order valence-corrected chi connectivity index (χ1v) is 10.1. The number of non-ortho nitro benzene ring substituents is 1. The van der Waals surface area contributed by atoms with E-state index in [4.69, 9.17) is 4.74 Å². The average Bonchev–Trinajstić information content (AvgIpc) is 2.63. The molecule has 0 aliphatic rings. The van der Waals surface area contributed by atoms with E-state index < -0.39 is 20.9 Å². The summed E-state index contributed by atoms with van der Waals surface area (Å²) in [6.07, 6.45) is 0. The molecule has 0 fully saturated rings. The van der Waals surface area contributed by atoms with Gasteiger partial charge in [-0.25, -0.2) is 13.2 Å². The number of anilines is 1. The van der Waals surface area contributed by atoms with Gasteiger partial charge in [-0.15, -0.1) is 0 Å². The van der Waals surface area contributed by atoms with E-state index in [2.05, 4.69) is 0 Å². The second kappa shape index (κ2) is 8.39. The minimum absolute atomic E-state index is 0.0809. The van der Waals surface area contributed by atoms with Crippen LogP contribution in [0.1, 0.15) is 35.3 Å². The molecule has 0 unspecified atom stereocenters. The fourth-order valence-corrected chi connectivity index (χ4v) is 4.67. The minimum Gasteiger partial charge on any atom is -0.462 e. The van der Waals surface area contributed by atoms with Crippen LogP contribution >= 0.6 is 0 Å². The van der Waals surface area contributed by atoms with Gasteiger partial charge in [-0.1, -0.05) is 12.1 Å². The number of aryl methyl sites for hydroxylation is 1. The topological polar surface area (TPSA) is 107 Å². The van der Waals surface area contributed by atoms with Crippen LogP contribution in [0.25, 0.3) is 0 Å². The minimum atomic E-state index is -4.09. The van der Waals surface area contributed by atoms with Gasteiger partial charge in [-0.05, 0) is 51.0 Å². The number of hydrogen-bond acceptors (Lipinski definition) is 6. The molecule has 0 atom stereocenters. The third-order valence-electron chi connectivity index (χ3n) is 4.31. The summed E-state index contributed by atoms with van der Waals surface area (Å²) in [6.45, 7) is 6.83. The zero-order valence-corrected chi connectivity index (χ0v) is 16.9. The highest BCUT2D eigenvalue weighted by molar-refractivity contribution is 7.92. The third kappa shape index (κ3) is 3.99. The van der Waals surface area contributed by atoms with Crippen molar-refractivity contribution in [3.05, 3.63) is 63.2 Å². The molecule has 0 saturated heterocycles. The number of ether oxygens (including phenoxy) is 1. The zero-order chi connectivity index (χ0) is 21.1. The Morgan fingerprint density at radius 2 is 1.86 bits per heavy atom. The van der Waals surface area contributed by atoms with Gasteiger partial charge < -0.3 is 4.74 Å². The fourth-order valence-electron chi connectivity index (χ4n) is 2.89. The Kier molecular flexibility index (Phi) is 6.40. The van der Waals surface area contributed by atoms with Crippen molar-refractivity contribution in [1.29, 1.82) is 0 Å². The number of nitro groups is 1. The molecule has 0 N–H and O–H groups in total. The monoisotopic (exact) mass is 406 g/mol. The lowest BCUT2D eigenvalue weighted by atomic mass is 10.1. The molecule has 0 bridgehead atoms. The maximum Gasteiger partial charge on any atom is 0.338 e. The van der Waals surface area contributed by atoms with Crippen LogP contribution < -0.4 is 4.31 Å². The molecule has 2 aromatic carbocycles. The van der Waals surface area contributed by atoms with Gasteiger partial charge in [0.2, 0.25) is 0 Å². The van der Waals surface area contributed by atoms with Gasteiger partial charge in [0.25, 0.3) is 15.7 Å².